The number of ether oxygens (including phenoxy) is 1. The number of anilines is 1. The summed E-state index contributed by atoms with van der Waals surface area (Å²) < 4.78 is 5.38. The van der Waals surface area contributed by atoms with E-state index in [0.29, 0.717) is 19.4 Å². The fourth-order valence-electron chi connectivity index (χ4n) is 7.56. The molecule has 0 aromatic heterocycles. The number of aliphatic hydroxyl groups excluding tert-OH is 2. The lowest BCUT2D eigenvalue weighted by molar-refractivity contribution is -0.187. The van der Waals surface area contributed by atoms with Crippen molar-refractivity contribution in [3.8, 4) is 0 Å². The zero-order valence-corrected chi connectivity index (χ0v) is 16.7. The van der Waals surface area contributed by atoms with Gasteiger partial charge in [-0.25, -0.2) is 0 Å². The lowest BCUT2D eigenvalue weighted by Crippen LogP contribution is -2.77. The maximum Gasteiger partial charge on any atom is 0.315 e. The molecular formula is C22H28N2O4. The summed E-state index contributed by atoms with van der Waals surface area (Å²) in [6.07, 6.45) is 2.56. The summed E-state index contributed by atoms with van der Waals surface area (Å²) in [7, 11) is 3.42. The fourth-order valence-corrected chi connectivity index (χ4v) is 7.56. The van der Waals surface area contributed by atoms with Crippen LogP contribution in [0.1, 0.15) is 25.3 Å². The Labute approximate surface area is 165 Å². The van der Waals surface area contributed by atoms with Crippen LogP contribution in [0.3, 0.4) is 0 Å². The van der Waals surface area contributed by atoms with Gasteiger partial charge in [0.05, 0.1) is 25.2 Å². The minimum Gasteiger partial charge on any atom is -0.468 e. The first-order valence-electron chi connectivity index (χ1n) is 10.1. The molecule has 6 rings (SSSR count). The number of carbonyl (C=O) groups excluding carboxylic acids is 1. The van der Waals surface area contributed by atoms with Crippen LogP contribution in [0.5, 0.6) is 0 Å². The van der Waals surface area contributed by atoms with E-state index in [-0.39, 0.29) is 18.5 Å². The third-order valence-corrected chi connectivity index (χ3v) is 8.37. The number of nitrogens with zero attached hydrogens (tertiary/aromatic N) is 2. The minimum absolute atomic E-state index is 0.261. The molecule has 1 unspecified atom stereocenters. The molecule has 4 heterocycles. The molecule has 0 amide bonds. The molecule has 3 saturated heterocycles. The van der Waals surface area contributed by atoms with Crippen molar-refractivity contribution in [3.05, 3.63) is 41.5 Å². The number of aliphatic hydroxyl groups is 2. The van der Waals surface area contributed by atoms with Crippen molar-refractivity contribution < 1.29 is 19.7 Å². The number of esters is 1. The summed E-state index contributed by atoms with van der Waals surface area (Å²) in [6, 6.07) is 8.11. The first-order chi connectivity index (χ1) is 13.5. The Kier molecular flexibility index (Phi) is 3.62. The Balaban J connectivity index is 1.96. The molecule has 6 nitrogen and oxygen atoms in total. The van der Waals surface area contributed by atoms with Crippen LogP contribution in [0.25, 0.3) is 0 Å². The van der Waals surface area contributed by atoms with Gasteiger partial charge in [0.1, 0.15) is 11.1 Å². The van der Waals surface area contributed by atoms with E-state index < -0.39 is 22.6 Å². The molecule has 1 saturated carbocycles. The van der Waals surface area contributed by atoms with E-state index in [9.17, 15) is 15.0 Å². The van der Waals surface area contributed by atoms with E-state index in [1.807, 2.05) is 26.1 Å². The normalized spacial score (nSPS) is 44.4. The summed E-state index contributed by atoms with van der Waals surface area (Å²) in [5.41, 5.74) is 0.539. The number of para-hydroxylation sites is 1. The second kappa shape index (κ2) is 5.59. The Hall–Kier alpha value is -1.89. The zero-order valence-electron chi connectivity index (χ0n) is 16.7. The van der Waals surface area contributed by atoms with E-state index in [0.717, 1.165) is 23.4 Å². The third-order valence-electron chi connectivity index (χ3n) is 8.37. The van der Waals surface area contributed by atoms with Crippen molar-refractivity contribution in [2.24, 2.45) is 11.3 Å². The summed E-state index contributed by atoms with van der Waals surface area (Å²) in [4.78, 5) is 18.1. The van der Waals surface area contributed by atoms with Crippen molar-refractivity contribution >= 4 is 11.7 Å². The molecule has 4 bridgehead atoms. The first kappa shape index (κ1) is 18.2. The predicted molar refractivity (Wildman–Crippen MR) is 105 cm³/mol. The van der Waals surface area contributed by atoms with E-state index in [1.54, 1.807) is 0 Å². The highest BCUT2D eigenvalue weighted by atomic mass is 16.5. The highest BCUT2D eigenvalue weighted by Gasteiger charge is 2.84. The summed E-state index contributed by atoms with van der Waals surface area (Å²) in [5.74, 6) is -0.632. The molecule has 150 valence electrons. The van der Waals surface area contributed by atoms with Crippen LogP contribution >= 0.6 is 0 Å². The second-order valence-corrected chi connectivity index (χ2v) is 8.67. The lowest BCUT2D eigenvalue weighted by atomic mass is 9.45. The SMILES string of the molecule is CC=C1CN2CC[C@@]34c5ccccc5N(C)[C@@]23[C@H](O)C[C@@H]1[C@@]4(CO)C(=O)OC. The number of allylic oxidation sites excluding steroid dienone is 1. The van der Waals surface area contributed by atoms with Crippen LogP contribution in [-0.4, -0.2) is 66.7 Å². The van der Waals surface area contributed by atoms with Crippen LogP contribution in [-0.2, 0) is 14.9 Å². The van der Waals surface area contributed by atoms with Gasteiger partial charge in [0.15, 0.2) is 0 Å². The molecule has 1 aliphatic carbocycles. The molecular weight excluding hydrogens is 356 g/mol. The standard InChI is InChI=1S/C22H28N2O4/c1-4-14-12-24-10-9-21-15-7-5-6-8-17(15)23(2)22(21,24)18(26)11-16(14)20(21,13-25)19(27)28-3/h4-8,16,18,25-26H,9-13H2,1-3H3/t16-,18+,20-,21-,22-/m0/s1. The smallest absolute Gasteiger partial charge is 0.315 e. The van der Waals surface area contributed by atoms with E-state index in [4.69, 9.17) is 4.74 Å². The molecule has 4 fully saturated rings. The average Bonchev–Trinajstić information content (AvgIpc) is 3.10. The molecule has 5 aliphatic rings. The van der Waals surface area contributed by atoms with Crippen molar-refractivity contribution in [3.63, 3.8) is 0 Å². The topological polar surface area (TPSA) is 73.2 Å². The lowest BCUT2D eigenvalue weighted by Gasteiger charge is -2.61. The van der Waals surface area contributed by atoms with Gasteiger partial charge >= 0.3 is 5.97 Å². The van der Waals surface area contributed by atoms with Crippen molar-refractivity contribution in [1.29, 1.82) is 0 Å². The van der Waals surface area contributed by atoms with Crippen molar-refractivity contribution in [2.75, 3.05) is 38.8 Å². The van der Waals surface area contributed by atoms with E-state index >= 15 is 0 Å². The molecule has 2 N–H and O–H groups in total. The van der Waals surface area contributed by atoms with Gasteiger partial charge in [-0.3, -0.25) is 9.69 Å². The van der Waals surface area contributed by atoms with Crippen molar-refractivity contribution in [1.82, 2.24) is 4.90 Å². The molecule has 6 heteroatoms. The molecule has 1 spiro atoms. The first-order valence-corrected chi connectivity index (χ1v) is 10.1. The van der Waals surface area contributed by atoms with Gasteiger partial charge in [0.2, 0.25) is 0 Å². The maximum absolute atomic E-state index is 13.5. The highest BCUT2D eigenvalue weighted by molar-refractivity contribution is 5.86. The largest absolute Gasteiger partial charge is 0.468 e. The molecule has 1 aromatic carbocycles. The van der Waals surface area contributed by atoms with Crippen molar-refractivity contribution in [2.45, 2.75) is 36.9 Å². The van der Waals surface area contributed by atoms with Gasteiger partial charge in [-0.1, -0.05) is 29.8 Å². The molecule has 6 atom stereocenters. The molecule has 4 aliphatic heterocycles. The van der Waals surface area contributed by atoms with Crippen LogP contribution in [0.2, 0.25) is 0 Å². The fraction of sp³-hybridized carbons (Fsp3) is 0.591. The Morgan fingerprint density at radius 3 is 2.82 bits per heavy atom. The van der Waals surface area contributed by atoms with E-state index in [1.165, 1.54) is 7.11 Å². The predicted octanol–water partition coefficient (Wildman–Crippen LogP) is 1.27. The van der Waals surface area contributed by atoms with Crippen LogP contribution < -0.4 is 4.90 Å². The Bertz CT molecular complexity index is 885. The third kappa shape index (κ3) is 1.52. The number of benzene rings is 1. The number of methoxy groups -OCH3 is 1. The number of hydrogen-bond donors (Lipinski definition) is 2. The number of carbonyl (C=O) groups is 1. The maximum atomic E-state index is 13.5. The summed E-state index contributed by atoms with van der Waals surface area (Å²) >= 11 is 0. The summed E-state index contributed by atoms with van der Waals surface area (Å²) in [6.45, 7) is 3.14. The minimum atomic E-state index is -1.13. The molecule has 1 aromatic rings. The summed E-state index contributed by atoms with van der Waals surface area (Å²) in [5, 5.41) is 22.5. The van der Waals surface area contributed by atoms with E-state index in [2.05, 4.69) is 28.0 Å². The van der Waals surface area contributed by atoms with Gasteiger partial charge in [-0.05, 0) is 31.4 Å². The average molecular weight is 384 g/mol. The monoisotopic (exact) mass is 384 g/mol. The van der Waals surface area contributed by atoms with Crippen LogP contribution in [0.4, 0.5) is 5.69 Å². The number of hydrogen-bond acceptors (Lipinski definition) is 6. The van der Waals surface area contributed by atoms with Crippen LogP contribution in [0.15, 0.2) is 35.9 Å². The number of rotatable bonds is 2. The van der Waals surface area contributed by atoms with Gasteiger partial charge in [0, 0.05) is 31.7 Å². The van der Waals surface area contributed by atoms with Gasteiger partial charge in [-0.2, -0.15) is 0 Å². The number of fused-ring (bicyclic) bond motifs is 3. The van der Waals surface area contributed by atoms with Gasteiger partial charge in [-0.15, -0.1) is 0 Å². The quantitative estimate of drug-likeness (QED) is 0.591. The zero-order chi connectivity index (χ0) is 19.9. The highest BCUT2D eigenvalue weighted by Crippen LogP contribution is 2.73. The molecule has 28 heavy (non-hydrogen) atoms. The van der Waals surface area contributed by atoms with Crippen LogP contribution in [0, 0.1) is 11.3 Å². The second-order valence-electron chi connectivity index (χ2n) is 8.67. The van der Waals surface area contributed by atoms with Gasteiger partial charge < -0.3 is 19.8 Å². The van der Waals surface area contributed by atoms with Gasteiger partial charge in [0.25, 0.3) is 0 Å². The Morgan fingerprint density at radius 1 is 1.39 bits per heavy atom. The Morgan fingerprint density at radius 2 is 2.14 bits per heavy atom. The number of likely N-dealkylation sites (N-methyl/N-ethyl adjacent to an activating group) is 1. The molecule has 0 radical (unpaired) electrons.